The van der Waals surface area contributed by atoms with E-state index in [4.69, 9.17) is 5.21 Å². The van der Waals surface area contributed by atoms with Gasteiger partial charge in [-0.2, -0.15) is 0 Å². The molecule has 0 spiro atoms. The number of amides is 2. The summed E-state index contributed by atoms with van der Waals surface area (Å²) in [4.78, 5) is 23.1. The maximum Gasteiger partial charge on any atom is 0.245 e. The summed E-state index contributed by atoms with van der Waals surface area (Å²) in [6.45, 7) is 1.77. The molecule has 8 nitrogen and oxygen atoms in total. The van der Waals surface area contributed by atoms with Gasteiger partial charge < -0.3 is 10.7 Å². The second-order valence-corrected chi connectivity index (χ2v) is 6.45. The highest BCUT2D eigenvalue weighted by Crippen LogP contribution is 2.21. The van der Waals surface area contributed by atoms with Crippen molar-refractivity contribution in [3.05, 3.63) is 59.9 Å². The van der Waals surface area contributed by atoms with Crippen LogP contribution >= 0.6 is 0 Å². The topological polar surface area (TPSA) is 106 Å². The monoisotopic (exact) mass is 369 g/mol. The molecule has 0 aromatic heterocycles. The minimum Gasteiger partial charge on any atom is -0.351 e. The SMILES string of the molecule is CC(=O)NCC1=CNNN1C(CC(=O)NO)Cc1ccc2ccccc2c1. The van der Waals surface area contributed by atoms with Gasteiger partial charge in [-0.3, -0.25) is 19.8 Å². The normalized spacial score (nSPS) is 14.4. The summed E-state index contributed by atoms with van der Waals surface area (Å²) in [6, 6.07) is 14.0. The molecule has 5 N–H and O–H groups in total. The summed E-state index contributed by atoms with van der Waals surface area (Å²) in [5, 5.41) is 15.8. The minimum absolute atomic E-state index is 0.0788. The summed E-state index contributed by atoms with van der Waals surface area (Å²) in [5.74, 6) is -0.615. The van der Waals surface area contributed by atoms with Crippen molar-refractivity contribution < 1.29 is 14.8 Å². The number of carbonyl (C=O) groups is 2. The molecule has 1 aliphatic heterocycles. The van der Waals surface area contributed by atoms with Crippen LogP contribution in [0.1, 0.15) is 18.9 Å². The number of hydrogen-bond donors (Lipinski definition) is 5. The summed E-state index contributed by atoms with van der Waals surface area (Å²) in [7, 11) is 0. The van der Waals surface area contributed by atoms with Gasteiger partial charge in [-0.1, -0.05) is 42.5 Å². The Morgan fingerprint density at radius 1 is 1.19 bits per heavy atom. The largest absolute Gasteiger partial charge is 0.351 e. The van der Waals surface area contributed by atoms with Gasteiger partial charge >= 0.3 is 0 Å². The van der Waals surface area contributed by atoms with Crippen LogP contribution in [0.5, 0.6) is 0 Å². The van der Waals surface area contributed by atoms with Gasteiger partial charge in [0.15, 0.2) is 0 Å². The summed E-state index contributed by atoms with van der Waals surface area (Å²) in [6.07, 6.45) is 2.39. The van der Waals surface area contributed by atoms with E-state index in [0.717, 1.165) is 22.0 Å². The Bertz CT molecular complexity index is 867. The van der Waals surface area contributed by atoms with Crippen molar-refractivity contribution in [2.24, 2.45) is 0 Å². The maximum absolute atomic E-state index is 11.8. The fourth-order valence-electron chi connectivity index (χ4n) is 3.16. The van der Waals surface area contributed by atoms with Crippen LogP contribution < -0.4 is 21.8 Å². The van der Waals surface area contributed by atoms with Crippen LogP contribution in [0, 0.1) is 0 Å². The lowest BCUT2D eigenvalue weighted by molar-refractivity contribution is -0.130. The van der Waals surface area contributed by atoms with E-state index in [2.05, 4.69) is 34.5 Å². The molecule has 1 unspecified atom stereocenters. The van der Waals surface area contributed by atoms with Gasteiger partial charge in [0.2, 0.25) is 11.8 Å². The fourth-order valence-corrected chi connectivity index (χ4v) is 3.16. The minimum atomic E-state index is -0.478. The Kier molecular flexibility index (Phi) is 5.90. The second kappa shape index (κ2) is 8.52. The number of benzene rings is 2. The molecule has 8 heteroatoms. The molecule has 0 saturated heterocycles. The Hall–Kier alpha value is -3.10. The lowest BCUT2D eigenvalue weighted by Crippen LogP contribution is -2.49. The highest BCUT2D eigenvalue weighted by molar-refractivity contribution is 5.83. The number of hydrazine groups is 2. The van der Waals surface area contributed by atoms with Gasteiger partial charge in [-0.05, 0) is 22.8 Å². The predicted octanol–water partition coefficient (Wildman–Crippen LogP) is 0.949. The maximum atomic E-state index is 11.8. The molecule has 1 aliphatic rings. The van der Waals surface area contributed by atoms with Gasteiger partial charge in [0.05, 0.1) is 24.7 Å². The molecule has 0 fully saturated rings. The quantitative estimate of drug-likeness (QED) is 0.368. The molecule has 1 atom stereocenters. The number of rotatable bonds is 7. The number of nitrogens with one attached hydrogen (secondary N) is 4. The molecule has 0 bridgehead atoms. The van der Waals surface area contributed by atoms with Crippen LogP contribution in [0.25, 0.3) is 10.8 Å². The molecule has 0 radical (unpaired) electrons. The lowest BCUT2D eigenvalue weighted by atomic mass is 9.99. The Labute approximate surface area is 157 Å². The van der Waals surface area contributed by atoms with Crippen LogP contribution in [-0.2, 0) is 16.0 Å². The summed E-state index contributed by atoms with van der Waals surface area (Å²) >= 11 is 0. The highest BCUT2D eigenvalue weighted by Gasteiger charge is 2.27. The second-order valence-electron chi connectivity index (χ2n) is 6.45. The number of nitrogens with zero attached hydrogens (tertiary/aromatic N) is 1. The standard InChI is InChI=1S/C19H23N5O3/c1-13(25)20-11-18-12-21-23-24(18)17(10-19(26)22-27)9-14-6-7-15-4-2-3-5-16(15)8-14/h2-8,12,17,21,23,27H,9-11H2,1H3,(H,20,25)(H,22,26). The Balaban J connectivity index is 1.80. The highest BCUT2D eigenvalue weighted by atomic mass is 16.5. The number of fused-ring (bicyclic) bond motifs is 1. The molecule has 142 valence electrons. The number of hydrogen-bond acceptors (Lipinski definition) is 6. The van der Waals surface area contributed by atoms with Crippen molar-refractivity contribution in [2.45, 2.75) is 25.8 Å². The van der Waals surface area contributed by atoms with E-state index in [1.54, 1.807) is 16.7 Å². The zero-order chi connectivity index (χ0) is 19.2. The van der Waals surface area contributed by atoms with Crippen LogP contribution in [0.2, 0.25) is 0 Å². The third-order valence-corrected chi connectivity index (χ3v) is 4.45. The van der Waals surface area contributed by atoms with Gasteiger partial charge in [-0.25, -0.2) is 5.48 Å². The zero-order valence-corrected chi connectivity index (χ0v) is 15.0. The van der Waals surface area contributed by atoms with E-state index in [0.29, 0.717) is 13.0 Å². The first-order valence-corrected chi connectivity index (χ1v) is 8.71. The third-order valence-electron chi connectivity index (χ3n) is 4.45. The molecule has 1 heterocycles. The number of hydroxylamine groups is 1. The Morgan fingerprint density at radius 2 is 1.96 bits per heavy atom. The summed E-state index contributed by atoms with van der Waals surface area (Å²) in [5.41, 5.74) is 9.45. The molecule has 3 rings (SSSR count). The summed E-state index contributed by atoms with van der Waals surface area (Å²) < 4.78 is 0. The van der Waals surface area contributed by atoms with Crippen molar-refractivity contribution in [3.8, 4) is 0 Å². The van der Waals surface area contributed by atoms with Crippen molar-refractivity contribution in [1.29, 1.82) is 0 Å². The van der Waals surface area contributed by atoms with Crippen LogP contribution in [0.4, 0.5) is 0 Å². The lowest BCUT2D eigenvalue weighted by Gasteiger charge is -2.30. The molecule has 27 heavy (non-hydrogen) atoms. The third kappa shape index (κ3) is 4.75. The predicted molar refractivity (Wildman–Crippen MR) is 101 cm³/mol. The van der Waals surface area contributed by atoms with E-state index < -0.39 is 5.91 Å². The number of carbonyl (C=O) groups excluding carboxylic acids is 2. The van der Waals surface area contributed by atoms with Crippen LogP contribution in [0.3, 0.4) is 0 Å². The van der Waals surface area contributed by atoms with Crippen LogP contribution in [0.15, 0.2) is 54.4 Å². The fraction of sp³-hybridized carbons (Fsp3) is 0.263. The van der Waals surface area contributed by atoms with Gasteiger partial charge in [-0.15, -0.1) is 5.53 Å². The Morgan fingerprint density at radius 3 is 2.70 bits per heavy atom. The van der Waals surface area contributed by atoms with Crippen LogP contribution in [-0.4, -0.2) is 34.6 Å². The molecule has 2 aromatic rings. The van der Waals surface area contributed by atoms with Crippen molar-refractivity contribution in [3.63, 3.8) is 0 Å². The van der Waals surface area contributed by atoms with Gasteiger partial charge in [0, 0.05) is 13.1 Å². The zero-order valence-electron chi connectivity index (χ0n) is 15.0. The smallest absolute Gasteiger partial charge is 0.245 e. The van der Waals surface area contributed by atoms with Crippen molar-refractivity contribution >= 4 is 22.6 Å². The first-order valence-electron chi connectivity index (χ1n) is 8.71. The van der Waals surface area contributed by atoms with Gasteiger partial charge in [0.25, 0.3) is 0 Å². The average Bonchev–Trinajstić information content (AvgIpc) is 3.14. The molecule has 2 aromatic carbocycles. The molecular weight excluding hydrogens is 346 g/mol. The van der Waals surface area contributed by atoms with Crippen molar-refractivity contribution in [2.75, 3.05) is 6.54 Å². The van der Waals surface area contributed by atoms with Crippen molar-refractivity contribution in [1.82, 2.24) is 26.8 Å². The van der Waals surface area contributed by atoms with E-state index in [-0.39, 0.29) is 18.4 Å². The van der Waals surface area contributed by atoms with E-state index in [1.807, 2.05) is 24.3 Å². The average molecular weight is 369 g/mol. The first-order chi connectivity index (χ1) is 13.1. The van der Waals surface area contributed by atoms with Gasteiger partial charge in [0.1, 0.15) is 0 Å². The first kappa shape index (κ1) is 18.7. The molecular formula is C19H23N5O3. The van der Waals surface area contributed by atoms with E-state index in [9.17, 15) is 9.59 Å². The van der Waals surface area contributed by atoms with E-state index >= 15 is 0 Å². The molecule has 0 saturated carbocycles. The van der Waals surface area contributed by atoms with E-state index in [1.165, 1.54) is 6.92 Å². The molecule has 0 aliphatic carbocycles. The molecule has 2 amide bonds.